The number of rotatable bonds is 8. The molecule has 4 rings (SSSR count). The van der Waals surface area contributed by atoms with E-state index in [2.05, 4.69) is 21.6 Å². The Morgan fingerprint density at radius 3 is 2.25 bits per heavy atom. The Labute approximate surface area is 212 Å². The van der Waals surface area contributed by atoms with E-state index >= 15 is 0 Å². The van der Waals surface area contributed by atoms with E-state index in [1.807, 2.05) is 79.1 Å². The zero-order chi connectivity index (χ0) is 25.5. The minimum absolute atomic E-state index is 0.0755. The molecule has 0 atom stereocenters. The second-order valence-corrected chi connectivity index (χ2v) is 9.37. The van der Waals surface area contributed by atoms with Gasteiger partial charge < -0.3 is 10.6 Å². The van der Waals surface area contributed by atoms with Crippen LogP contribution in [0.1, 0.15) is 41.6 Å². The third-order valence-electron chi connectivity index (χ3n) is 6.90. The molecule has 0 bridgehead atoms. The molecule has 0 unspecified atom stereocenters. The third-order valence-corrected chi connectivity index (χ3v) is 6.90. The quantitative estimate of drug-likeness (QED) is 0.504. The van der Waals surface area contributed by atoms with Crippen LogP contribution in [0.2, 0.25) is 0 Å². The minimum Gasteiger partial charge on any atom is -0.353 e. The van der Waals surface area contributed by atoms with Crippen molar-refractivity contribution in [3.05, 3.63) is 83.0 Å². The van der Waals surface area contributed by atoms with Crippen LogP contribution in [-0.4, -0.2) is 47.0 Å². The van der Waals surface area contributed by atoms with Gasteiger partial charge in [0.2, 0.25) is 11.8 Å². The summed E-state index contributed by atoms with van der Waals surface area (Å²) in [6, 6.07) is 22.2. The van der Waals surface area contributed by atoms with Gasteiger partial charge in [-0.2, -0.15) is 5.26 Å². The molecule has 0 saturated carbocycles. The Kier molecular flexibility index (Phi) is 8.19. The lowest BCUT2D eigenvalue weighted by molar-refractivity contribution is -0.122. The average Bonchev–Trinajstić information content (AvgIpc) is 3.13. The van der Waals surface area contributed by atoms with Crippen LogP contribution in [0.25, 0.3) is 5.69 Å². The molecule has 0 radical (unpaired) electrons. The van der Waals surface area contributed by atoms with Crippen molar-refractivity contribution in [2.45, 2.75) is 45.6 Å². The van der Waals surface area contributed by atoms with E-state index in [4.69, 9.17) is 0 Å². The van der Waals surface area contributed by atoms with Gasteiger partial charge >= 0.3 is 0 Å². The largest absolute Gasteiger partial charge is 0.353 e. The molecule has 2 N–H and O–H groups in total. The normalized spacial score (nSPS) is 14.2. The molecule has 36 heavy (non-hydrogen) atoms. The third kappa shape index (κ3) is 6.02. The predicted molar refractivity (Wildman–Crippen MR) is 141 cm³/mol. The van der Waals surface area contributed by atoms with Crippen molar-refractivity contribution >= 4 is 17.6 Å². The number of amides is 2. The van der Waals surface area contributed by atoms with Crippen molar-refractivity contribution in [1.29, 1.82) is 5.26 Å². The molecule has 0 aliphatic carbocycles. The average molecular weight is 484 g/mol. The fourth-order valence-corrected chi connectivity index (χ4v) is 4.77. The van der Waals surface area contributed by atoms with E-state index in [0.717, 1.165) is 54.9 Å². The first-order valence-electron chi connectivity index (χ1n) is 12.5. The SMILES string of the molecule is Cc1c(C#N)c(NC(=O)CN2CCC(NC(=O)CCc3ccccc3)CC2)n(-c2ccccc2)c1C. The van der Waals surface area contributed by atoms with E-state index in [-0.39, 0.29) is 24.4 Å². The number of carbonyl (C=O) groups excluding carboxylic acids is 2. The number of aryl methyl sites for hydroxylation is 1. The monoisotopic (exact) mass is 483 g/mol. The van der Waals surface area contributed by atoms with Crippen LogP contribution >= 0.6 is 0 Å². The Bertz CT molecular complexity index is 1240. The maximum atomic E-state index is 13.0. The molecule has 1 saturated heterocycles. The van der Waals surface area contributed by atoms with Crippen LogP contribution in [0.4, 0.5) is 5.82 Å². The number of benzene rings is 2. The Balaban J connectivity index is 1.30. The molecule has 7 heteroatoms. The summed E-state index contributed by atoms with van der Waals surface area (Å²) in [6.45, 7) is 5.58. The highest BCUT2D eigenvalue weighted by Gasteiger charge is 2.24. The smallest absolute Gasteiger partial charge is 0.239 e. The molecule has 3 aromatic rings. The molecule has 186 valence electrons. The van der Waals surface area contributed by atoms with Gasteiger partial charge in [-0.3, -0.25) is 19.1 Å². The van der Waals surface area contributed by atoms with Gasteiger partial charge in [0.05, 0.1) is 12.1 Å². The lowest BCUT2D eigenvalue weighted by atomic mass is 10.0. The summed E-state index contributed by atoms with van der Waals surface area (Å²) in [5.74, 6) is 0.447. The maximum absolute atomic E-state index is 13.0. The predicted octanol–water partition coefficient (Wildman–Crippen LogP) is 4.12. The number of hydrogen-bond donors (Lipinski definition) is 2. The minimum atomic E-state index is -0.147. The van der Waals surface area contributed by atoms with Gasteiger partial charge in [0.1, 0.15) is 11.9 Å². The summed E-state index contributed by atoms with van der Waals surface area (Å²) >= 11 is 0. The molecular weight excluding hydrogens is 450 g/mol. The second-order valence-electron chi connectivity index (χ2n) is 9.37. The Morgan fingerprint density at radius 1 is 0.972 bits per heavy atom. The standard InChI is InChI=1S/C29H33N5O2/c1-21-22(2)34(25-11-7-4-8-12-25)29(26(21)19-30)32-28(36)20-33-17-15-24(16-18-33)31-27(35)14-13-23-9-5-3-6-10-23/h3-12,24H,13-18,20H2,1-2H3,(H,31,35)(H,32,36). The number of piperidine rings is 1. The van der Waals surface area contributed by atoms with Crippen LogP contribution < -0.4 is 10.6 Å². The number of nitrogens with one attached hydrogen (secondary N) is 2. The van der Waals surface area contributed by atoms with Gasteiger partial charge in [-0.05, 0) is 56.4 Å². The van der Waals surface area contributed by atoms with E-state index in [0.29, 0.717) is 17.8 Å². The number of aromatic nitrogens is 1. The molecular formula is C29H33N5O2. The van der Waals surface area contributed by atoms with Gasteiger partial charge in [-0.15, -0.1) is 0 Å². The molecule has 2 amide bonds. The van der Waals surface area contributed by atoms with Gasteiger partial charge in [-0.1, -0.05) is 48.5 Å². The van der Waals surface area contributed by atoms with Crippen molar-refractivity contribution in [3.8, 4) is 11.8 Å². The van der Waals surface area contributed by atoms with Gasteiger partial charge in [0, 0.05) is 36.9 Å². The number of hydrogen-bond acceptors (Lipinski definition) is 4. The second kappa shape index (κ2) is 11.7. The summed E-state index contributed by atoms with van der Waals surface area (Å²) < 4.78 is 1.93. The van der Waals surface area contributed by atoms with E-state index in [1.165, 1.54) is 0 Å². The first-order chi connectivity index (χ1) is 17.5. The molecule has 7 nitrogen and oxygen atoms in total. The van der Waals surface area contributed by atoms with E-state index < -0.39 is 0 Å². The number of carbonyl (C=O) groups is 2. The molecule has 2 aromatic carbocycles. The zero-order valence-electron chi connectivity index (χ0n) is 21.0. The molecule has 2 heterocycles. The van der Waals surface area contributed by atoms with E-state index in [9.17, 15) is 14.9 Å². The number of nitriles is 1. The zero-order valence-corrected chi connectivity index (χ0v) is 21.0. The molecule has 1 aromatic heterocycles. The maximum Gasteiger partial charge on any atom is 0.239 e. The number of anilines is 1. The highest BCUT2D eigenvalue weighted by molar-refractivity contribution is 5.93. The molecule has 0 spiro atoms. The van der Waals surface area contributed by atoms with Crippen molar-refractivity contribution in [2.75, 3.05) is 25.0 Å². The fraction of sp³-hybridized carbons (Fsp3) is 0.345. The summed E-state index contributed by atoms with van der Waals surface area (Å²) in [5.41, 5.74) is 4.34. The van der Waals surface area contributed by atoms with Crippen LogP contribution in [0.15, 0.2) is 60.7 Å². The highest BCUT2D eigenvalue weighted by Crippen LogP contribution is 2.30. The molecule has 1 aliphatic rings. The number of nitrogens with zero attached hydrogens (tertiary/aromatic N) is 3. The first-order valence-corrected chi connectivity index (χ1v) is 12.5. The van der Waals surface area contributed by atoms with Crippen LogP contribution in [0.3, 0.4) is 0 Å². The Hall–Kier alpha value is -3.89. The van der Waals surface area contributed by atoms with Crippen LogP contribution in [0, 0.1) is 25.2 Å². The summed E-state index contributed by atoms with van der Waals surface area (Å²) in [4.78, 5) is 27.5. The van der Waals surface area contributed by atoms with Gasteiger partial charge in [0.25, 0.3) is 0 Å². The summed E-state index contributed by atoms with van der Waals surface area (Å²) in [6.07, 6.45) is 2.84. The lowest BCUT2D eigenvalue weighted by Crippen LogP contribution is -2.46. The van der Waals surface area contributed by atoms with Crippen LogP contribution in [0.5, 0.6) is 0 Å². The van der Waals surface area contributed by atoms with Gasteiger partial charge in [-0.25, -0.2) is 0 Å². The van der Waals surface area contributed by atoms with Crippen molar-refractivity contribution < 1.29 is 9.59 Å². The summed E-state index contributed by atoms with van der Waals surface area (Å²) in [5, 5.41) is 15.9. The summed E-state index contributed by atoms with van der Waals surface area (Å²) in [7, 11) is 0. The molecule has 1 aliphatic heterocycles. The lowest BCUT2D eigenvalue weighted by Gasteiger charge is -2.32. The first kappa shape index (κ1) is 25.2. The van der Waals surface area contributed by atoms with Crippen LogP contribution in [-0.2, 0) is 16.0 Å². The topological polar surface area (TPSA) is 90.2 Å². The molecule has 1 fully saturated rings. The fourth-order valence-electron chi connectivity index (χ4n) is 4.77. The van der Waals surface area contributed by atoms with Crippen molar-refractivity contribution in [1.82, 2.24) is 14.8 Å². The van der Waals surface area contributed by atoms with E-state index in [1.54, 1.807) is 0 Å². The Morgan fingerprint density at radius 2 is 1.61 bits per heavy atom. The number of para-hydroxylation sites is 1. The van der Waals surface area contributed by atoms with Crippen molar-refractivity contribution in [2.24, 2.45) is 0 Å². The van der Waals surface area contributed by atoms with Crippen molar-refractivity contribution in [3.63, 3.8) is 0 Å². The van der Waals surface area contributed by atoms with Gasteiger partial charge in [0.15, 0.2) is 0 Å². The number of likely N-dealkylation sites (tertiary alicyclic amines) is 1. The highest BCUT2D eigenvalue weighted by atomic mass is 16.2.